The molecule has 1 aliphatic heterocycles. The van der Waals surface area contributed by atoms with Crippen LogP contribution in [0.5, 0.6) is 0 Å². The summed E-state index contributed by atoms with van der Waals surface area (Å²) in [5.41, 5.74) is 0.930. The van der Waals surface area contributed by atoms with Gasteiger partial charge in [0.15, 0.2) is 11.0 Å². The molecule has 2 aromatic rings. The Labute approximate surface area is 162 Å². The van der Waals surface area contributed by atoms with Gasteiger partial charge in [-0.2, -0.15) is 0 Å². The van der Waals surface area contributed by atoms with Gasteiger partial charge in [0.25, 0.3) is 0 Å². The van der Waals surface area contributed by atoms with Crippen molar-refractivity contribution in [3.05, 3.63) is 24.5 Å². The van der Waals surface area contributed by atoms with Crippen LogP contribution in [0.3, 0.4) is 0 Å². The van der Waals surface area contributed by atoms with Gasteiger partial charge in [-0.25, -0.2) is 0 Å². The number of carbonyl (C=O) groups is 2. The number of rotatable bonds is 6. The molecule has 2 aromatic heterocycles. The Kier molecular flexibility index (Phi) is 6.44. The van der Waals surface area contributed by atoms with E-state index in [1.54, 1.807) is 19.3 Å². The molecule has 0 atom stereocenters. The molecule has 1 fully saturated rings. The van der Waals surface area contributed by atoms with E-state index in [1.807, 2.05) is 28.6 Å². The van der Waals surface area contributed by atoms with Gasteiger partial charge >= 0.3 is 5.97 Å². The van der Waals surface area contributed by atoms with Gasteiger partial charge in [0.05, 0.1) is 18.3 Å². The van der Waals surface area contributed by atoms with E-state index >= 15 is 0 Å². The lowest BCUT2D eigenvalue weighted by molar-refractivity contribution is -0.151. The summed E-state index contributed by atoms with van der Waals surface area (Å²) in [6, 6.07) is 3.74. The van der Waals surface area contributed by atoms with E-state index in [0.29, 0.717) is 43.4 Å². The second-order valence-electron chi connectivity index (χ2n) is 6.30. The zero-order valence-electron chi connectivity index (χ0n) is 15.5. The molecule has 1 amide bonds. The van der Waals surface area contributed by atoms with Crippen molar-refractivity contribution in [1.29, 1.82) is 0 Å². The molecule has 144 valence electrons. The molecule has 1 aliphatic rings. The first-order valence-corrected chi connectivity index (χ1v) is 9.95. The second kappa shape index (κ2) is 8.98. The number of nitrogens with zero attached hydrogens (tertiary/aromatic N) is 5. The van der Waals surface area contributed by atoms with Crippen molar-refractivity contribution in [1.82, 2.24) is 24.6 Å². The molecule has 0 unspecified atom stereocenters. The molecule has 9 heteroatoms. The lowest BCUT2D eigenvalue weighted by Gasteiger charge is -2.30. The minimum atomic E-state index is -0.151. The van der Waals surface area contributed by atoms with Crippen LogP contribution in [0, 0.1) is 5.92 Å². The van der Waals surface area contributed by atoms with Crippen molar-refractivity contribution in [3.8, 4) is 11.4 Å². The van der Waals surface area contributed by atoms with E-state index < -0.39 is 0 Å². The summed E-state index contributed by atoms with van der Waals surface area (Å²) in [5.74, 6) is 0.843. The van der Waals surface area contributed by atoms with Crippen LogP contribution >= 0.6 is 11.8 Å². The third kappa shape index (κ3) is 4.65. The summed E-state index contributed by atoms with van der Waals surface area (Å²) in [5, 5.41) is 9.09. The fourth-order valence-electron chi connectivity index (χ4n) is 3.04. The number of hydrogen-bond donors (Lipinski definition) is 0. The maximum atomic E-state index is 12.5. The number of carbonyl (C=O) groups excluding carboxylic acids is 2. The normalized spacial score (nSPS) is 15.0. The van der Waals surface area contributed by atoms with E-state index in [1.165, 1.54) is 11.8 Å². The molecule has 0 N–H and O–H groups in total. The molecular weight excluding hydrogens is 366 g/mol. The summed E-state index contributed by atoms with van der Waals surface area (Å²) >= 11 is 1.37. The molecule has 3 heterocycles. The Hall–Kier alpha value is -2.42. The van der Waals surface area contributed by atoms with Crippen LogP contribution in [0.2, 0.25) is 0 Å². The average molecular weight is 389 g/mol. The van der Waals surface area contributed by atoms with Crippen LogP contribution in [0.15, 0.2) is 29.7 Å². The highest BCUT2D eigenvalue weighted by molar-refractivity contribution is 7.99. The summed E-state index contributed by atoms with van der Waals surface area (Å²) in [6.45, 7) is 3.38. The minimum absolute atomic E-state index is 0.0516. The Morgan fingerprint density at radius 3 is 2.59 bits per heavy atom. The summed E-state index contributed by atoms with van der Waals surface area (Å²) in [7, 11) is 1.88. The van der Waals surface area contributed by atoms with E-state index in [-0.39, 0.29) is 17.8 Å². The van der Waals surface area contributed by atoms with E-state index in [2.05, 4.69) is 15.2 Å². The first-order valence-electron chi connectivity index (χ1n) is 8.97. The van der Waals surface area contributed by atoms with Crippen LogP contribution in [-0.2, 0) is 21.4 Å². The predicted molar refractivity (Wildman–Crippen MR) is 101 cm³/mol. The maximum Gasteiger partial charge on any atom is 0.309 e. The predicted octanol–water partition coefficient (Wildman–Crippen LogP) is 1.77. The first-order chi connectivity index (χ1) is 13.1. The Balaban J connectivity index is 1.52. The van der Waals surface area contributed by atoms with Gasteiger partial charge in [-0.1, -0.05) is 11.8 Å². The number of aromatic nitrogens is 4. The zero-order chi connectivity index (χ0) is 19.2. The number of thioether (sulfide) groups is 1. The number of ether oxygens (including phenoxy) is 1. The molecule has 8 nitrogen and oxygen atoms in total. The van der Waals surface area contributed by atoms with Crippen LogP contribution in [0.1, 0.15) is 19.8 Å². The molecule has 27 heavy (non-hydrogen) atoms. The fourth-order valence-corrected chi connectivity index (χ4v) is 3.85. The van der Waals surface area contributed by atoms with Gasteiger partial charge in [-0.05, 0) is 31.9 Å². The lowest BCUT2D eigenvalue weighted by atomic mass is 9.97. The molecule has 0 aliphatic carbocycles. The number of amides is 1. The Bertz CT molecular complexity index is 788. The third-order valence-corrected chi connectivity index (χ3v) is 5.57. The van der Waals surface area contributed by atoms with Crippen molar-refractivity contribution >= 4 is 23.6 Å². The number of likely N-dealkylation sites (tertiary alicyclic amines) is 1. The largest absolute Gasteiger partial charge is 0.466 e. The van der Waals surface area contributed by atoms with Crippen molar-refractivity contribution in [2.24, 2.45) is 13.0 Å². The topological polar surface area (TPSA) is 90.2 Å². The third-order valence-electron chi connectivity index (χ3n) is 4.57. The quantitative estimate of drug-likeness (QED) is 0.549. The molecular formula is C18H23N5O3S. The maximum absolute atomic E-state index is 12.5. The second-order valence-corrected chi connectivity index (χ2v) is 7.24. The summed E-state index contributed by atoms with van der Waals surface area (Å²) < 4.78 is 6.94. The summed E-state index contributed by atoms with van der Waals surface area (Å²) in [4.78, 5) is 30.1. The van der Waals surface area contributed by atoms with Crippen molar-refractivity contribution in [3.63, 3.8) is 0 Å². The van der Waals surface area contributed by atoms with E-state index in [0.717, 1.165) is 11.4 Å². The first kappa shape index (κ1) is 19.3. The average Bonchev–Trinajstić information content (AvgIpc) is 3.07. The van der Waals surface area contributed by atoms with Gasteiger partial charge in [-0.3, -0.25) is 14.6 Å². The highest BCUT2D eigenvalue weighted by Gasteiger charge is 2.28. The molecule has 0 spiro atoms. The molecule has 1 saturated heterocycles. The number of piperidine rings is 1. The van der Waals surface area contributed by atoms with Crippen LogP contribution in [0.25, 0.3) is 11.4 Å². The standard InChI is InChI=1S/C18H23N5O3S/c1-3-26-17(25)14-6-10-23(11-7-14)15(24)12-27-18-21-20-16(22(18)2)13-4-8-19-9-5-13/h4-5,8-9,14H,3,6-7,10-12H2,1-2H3. The number of hydrogen-bond acceptors (Lipinski definition) is 7. The van der Waals surface area contributed by atoms with Gasteiger partial charge in [0.1, 0.15) is 0 Å². The molecule has 0 bridgehead atoms. The van der Waals surface area contributed by atoms with Gasteiger partial charge in [0, 0.05) is 38.1 Å². The fraction of sp³-hybridized carbons (Fsp3) is 0.500. The van der Waals surface area contributed by atoms with E-state index in [4.69, 9.17) is 4.74 Å². The minimum Gasteiger partial charge on any atom is -0.466 e. The monoisotopic (exact) mass is 389 g/mol. The van der Waals surface area contributed by atoms with Crippen LogP contribution < -0.4 is 0 Å². The Morgan fingerprint density at radius 2 is 1.93 bits per heavy atom. The van der Waals surface area contributed by atoms with Crippen molar-refractivity contribution in [2.45, 2.75) is 24.9 Å². The van der Waals surface area contributed by atoms with Crippen molar-refractivity contribution < 1.29 is 14.3 Å². The van der Waals surface area contributed by atoms with Gasteiger partial charge in [-0.15, -0.1) is 10.2 Å². The molecule has 3 rings (SSSR count). The molecule has 0 saturated carbocycles. The Morgan fingerprint density at radius 1 is 1.22 bits per heavy atom. The number of pyridine rings is 1. The van der Waals surface area contributed by atoms with Gasteiger partial charge < -0.3 is 14.2 Å². The molecule has 0 radical (unpaired) electrons. The number of esters is 1. The smallest absolute Gasteiger partial charge is 0.309 e. The zero-order valence-corrected chi connectivity index (χ0v) is 16.3. The van der Waals surface area contributed by atoms with Gasteiger partial charge in [0.2, 0.25) is 5.91 Å². The SMILES string of the molecule is CCOC(=O)C1CCN(C(=O)CSc2nnc(-c3ccncc3)n2C)CC1. The lowest BCUT2D eigenvalue weighted by Crippen LogP contribution is -2.41. The molecule has 0 aromatic carbocycles. The summed E-state index contributed by atoms with van der Waals surface area (Å²) in [6.07, 6.45) is 4.73. The van der Waals surface area contributed by atoms with Crippen LogP contribution in [-0.4, -0.2) is 62.0 Å². The van der Waals surface area contributed by atoms with E-state index in [9.17, 15) is 9.59 Å². The highest BCUT2D eigenvalue weighted by Crippen LogP contribution is 2.24. The highest BCUT2D eigenvalue weighted by atomic mass is 32.2. The van der Waals surface area contributed by atoms with Crippen LogP contribution in [0.4, 0.5) is 0 Å². The van der Waals surface area contributed by atoms with Crippen molar-refractivity contribution in [2.75, 3.05) is 25.4 Å².